The third-order valence-electron chi connectivity index (χ3n) is 1.58. The van der Waals surface area contributed by atoms with Gasteiger partial charge in [0.15, 0.2) is 0 Å². The highest BCUT2D eigenvalue weighted by molar-refractivity contribution is 5.65. The zero-order chi connectivity index (χ0) is 18.4. The van der Waals surface area contributed by atoms with Gasteiger partial charge in [-0.25, -0.2) is 0 Å². The van der Waals surface area contributed by atoms with Crippen molar-refractivity contribution in [3.05, 3.63) is 48.6 Å². The molecule has 1 aromatic rings. The van der Waals surface area contributed by atoms with Crippen LogP contribution in [0.5, 0.6) is 0 Å². The Labute approximate surface area is 141 Å². The van der Waals surface area contributed by atoms with Gasteiger partial charge in [-0.1, -0.05) is 84.9 Å². The van der Waals surface area contributed by atoms with Crippen LogP contribution in [0.2, 0.25) is 0 Å². The Morgan fingerprint density at radius 3 is 1.64 bits per heavy atom. The molecule has 1 aromatic carbocycles. The first-order chi connectivity index (χ1) is 10.5. The Morgan fingerprint density at radius 1 is 0.955 bits per heavy atom. The second kappa shape index (κ2) is 27.8. The van der Waals surface area contributed by atoms with Crippen LogP contribution in [0.15, 0.2) is 43.0 Å². The quantitative estimate of drug-likeness (QED) is 0.553. The van der Waals surface area contributed by atoms with Gasteiger partial charge in [-0.3, -0.25) is 0 Å². The fourth-order valence-corrected chi connectivity index (χ4v) is 1.05. The first-order valence-corrected chi connectivity index (χ1v) is 8.49. The van der Waals surface area contributed by atoms with Crippen LogP contribution in [-0.4, -0.2) is 7.05 Å². The zero-order valence-corrected chi connectivity index (χ0v) is 16.8. The minimum absolute atomic E-state index is 0.833. The van der Waals surface area contributed by atoms with E-state index in [1.54, 1.807) is 6.08 Å². The van der Waals surface area contributed by atoms with Gasteiger partial charge in [0.2, 0.25) is 0 Å². The molecule has 0 atom stereocenters. The molecule has 0 saturated heterocycles. The van der Waals surface area contributed by atoms with E-state index in [1.165, 1.54) is 11.3 Å². The third kappa shape index (κ3) is 26.9. The molecule has 1 rings (SSSR count). The Hall–Kier alpha value is -1.50. The summed E-state index contributed by atoms with van der Waals surface area (Å²) in [6.07, 6.45) is 5.88. The van der Waals surface area contributed by atoms with Crippen molar-refractivity contribution in [3.8, 4) is 0 Å². The minimum Gasteiger partial charge on any atom is -0.388 e. The van der Waals surface area contributed by atoms with Crippen molar-refractivity contribution in [2.75, 3.05) is 12.4 Å². The van der Waals surface area contributed by atoms with Crippen LogP contribution in [0.1, 0.15) is 67.9 Å². The molecular weight excluding hydrogens is 266 g/mol. The highest BCUT2D eigenvalue weighted by Crippen LogP contribution is 2.15. The zero-order valence-electron chi connectivity index (χ0n) is 16.8. The van der Waals surface area contributed by atoms with Gasteiger partial charge < -0.3 is 5.32 Å². The van der Waals surface area contributed by atoms with Crippen molar-refractivity contribution in [1.82, 2.24) is 0 Å². The van der Waals surface area contributed by atoms with E-state index < -0.39 is 0 Å². The van der Waals surface area contributed by atoms with Gasteiger partial charge in [-0.15, -0.1) is 6.58 Å². The van der Waals surface area contributed by atoms with Crippen molar-refractivity contribution in [2.24, 2.45) is 5.92 Å². The molecule has 0 radical (unpaired) electrons. The van der Waals surface area contributed by atoms with E-state index in [9.17, 15) is 0 Å². The van der Waals surface area contributed by atoms with Gasteiger partial charge >= 0.3 is 0 Å². The number of hydrogen-bond acceptors (Lipinski definition) is 1. The average Bonchev–Trinajstić information content (AvgIpc) is 2.52. The van der Waals surface area contributed by atoms with E-state index in [4.69, 9.17) is 0 Å². The molecule has 0 aliphatic rings. The monoisotopic (exact) mass is 307 g/mol. The predicted molar refractivity (Wildman–Crippen MR) is 110 cm³/mol. The molecule has 0 bridgehead atoms. The van der Waals surface area contributed by atoms with E-state index in [0.29, 0.717) is 0 Å². The number of hydrogen-bond donors (Lipinski definition) is 1. The number of nitrogens with one attached hydrogen (secondary N) is 1. The van der Waals surface area contributed by atoms with E-state index >= 15 is 0 Å². The molecule has 0 fully saturated rings. The summed E-state index contributed by atoms with van der Waals surface area (Å²) in [6.45, 7) is 21.8. The minimum atomic E-state index is 0.833. The topological polar surface area (TPSA) is 12.0 Å². The lowest BCUT2D eigenvalue weighted by molar-refractivity contribution is 0.737. The molecule has 0 aliphatic carbocycles. The lowest BCUT2D eigenvalue weighted by Crippen LogP contribution is -1.89. The second-order valence-corrected chi connectivity index (χ2v) is 4.48. The molecule has 1 nitrogen and oxygen atoms in total. The van der Waals surface area contributed by atoms with E-state index in [-0.39, 0.29) is 0 Å². The highest BCUT2D eigenvalue weighted by atomic mass is 14.8. The molecular formula is C21H41N. The van der Waals surface area contributed by atoms with E-state index in [0.717, 1.165) is 5.92 Å². The molecule has 22 heavy (non-hydrogen) atoms. The predicted octanol–water partition coefficient (Wildman–Crippen LogP) is 7.67. The number of anilines is 1. The summed E-state index contributed by atoms with van der Waals surface area (Å²) in [7, 11) is 1.93. The maximum absolute atomic E-state index is 3.36. The first kappa shape index (κ1) is 28.6. The summed E-state index contributed by atoms with van der Waals surface area (Å²) in [6, 6.07) is 8.22. The Kier molecular flexibility index (Phi) is 36.2. The molecule has 1 N–H and O–H groups in total. The normalized spacial score (nSPS) is 7.95. The molecule has 0 amide bonds. The Bertz CT molecular complexity index is 322. The SMILES string of the molecule is C/C=C\c1ccccc1NC.C=CC.CC.CC.CC(C)C. The molecule has 0 unspecified atom stereocenters. The van der Waals surface area contributed by atoms with Gasteiger partial charge in [0, 0.05) is 12.7 Å². The van der Waals surface area contributed by atoms with Crippen LogP contribution in [0.4, 0.5) is 5.69 Å². The summed E-state index contributed by atoms with van der Waals surface area (Å²) in [4.78, 5) is 0. The average molecular weight is 308 g/mol. The molecule has 0 aromatic heterocycles. The van der Waals surface area contributed by atoms with Crippen molar-refractivity contribution >= 4 is 11.8 Å². The molecule has 0 spiro atoms. The summed E-state index contributed by atoms with van der Waals surface area (Å²) >= 11 is 0. The van der Waals surface area contributed by atoms with Crippen LogP contribution in [-0.2, 0) is 0 Å². The van der Waals surface area contributed by atoms with Crippen molar-refractivity contribution in [1.29, 1.82) is 0 Å². The van der Waals surface area contributed by atoms with Crippen LogP contribution >= 0.6 is 0 Å². The highest BCUT2D eigenvalue weighted by Gasteiger charge is 1.91. The number of rotatable bonds is 2. The molecule has 1 heteroatoms. The van der Waals surface area contributed by atoms with Crippen molar-refractivity contribution < 1.29 is 0 Å². The maximum Gasteiger partial charge on any atom is 0.0411 e. The molecule has 130 valence electrons. The Morgan fingerprint density at radius 2 is 1.32 bits per heavy atom. The van der Waals surface area contributed by atoms with E-state index in [2.05, 4.69) is 50.9 Å². The summed E-state index contributed by atoms with van der Waals surface area (Å²) < 4.78 is 0. The van der Waals surface area contributed by atoms with Crippen LogP contribution in [0.3, 0.4) is 0 Å². The Balaban J connectivity index is -0.000000123. The lowest BCUT2D eigenvalue weighted by atomic mass is 10.1. The number of benzene rings is 1. The smallest absolute Gasteiger partial charge is 0.0411 e. The van der Waals surface area contributed by atoms with Crippen LogP contribution < -0.4 is 5.32 Å². The first-order valence-electron chi connectivity index (χ1n) is 8.49. The lowest BCUT2D eigenvalue weighted by Gasteiger charge is -2.02. The number of para-hydroxylation sites is 1. The van der Waals surface area contributed by atoms with Gasteiger partial charge in [0.1, 0.15) is 0 Å². The molecule has 0 saturated carbocycles. The van der Waals surface area contributed by atoms with Crippen LogP contribution in [0.25, 0.3) is 6.08 Å². The standard InChI is InChI=1S/C10H13N.C4H10.C3H6.2C2H6/c1-3-6-9-7-4-5-8-10(9)11-2;1-4(2)3;1-3-2;2*1-2/h3-8,11H,1-2H3;4H,1-3H3;3H,1H2,2H3;2*1-2H3/b6-3-;;;;. The molecule has 0 aliphatic heterocycles. The fourth-order valence-electron chi connectivity index (χ4n) is 1.05. The summed E-state index contributed by atoms with van der Waals surface area (Å²) in [5.41, 5.74) is 2.41. The maximum atomic E-state index is 3.36. The number of allylic oxidation sites excluding steroid dienone is 2. The van der Waals surface area contributed by atoms with Gasteiger partial charge in [-0.05, 0) is 31.4 Å². The van der Waals surface area contributed by atoms with Crippen molar-refractivity contribution in [3.63, 3.8) is 0 Å². The van der Waals surface area contributed by atoms with E-state index in [1.807, 2.05) is 66.8 Å². The largest absolute Gasteiger partial charge is 0.388 e. The summed E-state index contributed by atoms with van der Waals surface area (Å²) in [5, 5.41) is 3.13. The summed E-state index contributed by atoms with van der Waals surface area (Å²) in [5.74, 6) is 0.833. The van der Waals surface area contributed by atoms with Gasteiger partial charge in [0.25, 0.3) is 0 Å². The van der Waals surface area contributed by atoms with Crippen molar-refractivity contribution in [2.45, 2.75) is 62.3 Å². The van der Waals surface area contributed by atoms with Gasteiger partial charge in [0.05, 0.1) is 0 Å². The fraction of sp³-hybridized carbons (Fsp3) is 0.524. The van der Waals surface area contributed by atoms with Gasteiger partial charge in [-0.2, -0.15) is 0 Å². The second-order valence-electron chi connectivity index (χ2n) is 4.48. The molecule has 0 heterocycles. The third-order valence-corrected chi connectivity index (χ3v) is 1.58. The van der Waals surface area contributed by atoms with Crippen LogP contribution in [0, 0.1) is 5.92 Å².